The molecule has 2 N–H and O–H groups in total. The molecule has 5 nitrogen and oxygen atoms in total. The lowest BCUT2D eigenvalue weighted by molar-refractivity contribution is -0.134. The summed E-state index contributed by atoms with van der Waals surface area (Å²) in [5.41, 5.74) is 0. The number of nitrogens with zero attached hydrogens (tertiary/aromatic N) is 1. The molecule has 1 fully saturated rings. The number of amides is 2. The van der Waals surface area contributed by atoms with E-state index in [0.29, 0.717) is 25.3 Å². The monoisotopic (exact) mass is 333 g/mol. The van der Waals surface area contributed by atoms with Crippen molar-refractivity contribution >= 4 is 24.2 Å². The highest BCUT2D eigenvalue weighted by Gasteiger charge is 2.24. The van der Waals surface area contributed by atoms with Crippen molar-refractivity contribution < 1.29 is 9.59 Å². The van der Waals surface area contributed by atoms with Gasteiger partial charge in [0.25, 0.3) is 0 Å². The first kappa shape index (κ1) is 21.2. The first-order chi connectivity index (χ1) is 10.2. The number of piperidine rings is 1. The molecule has 0 spiro atoms. The molecule has 1 saturated heterocycles. The fourth-order valence-corrected chi connectivity index (χ4v) is 2.77. The van der Waals surface area contributed by atoms with E-state index < -0.39 is 0 Å². The second-order valence-electron chi connectivity index (χ2n) is 5.77. The zero-order chi connectivity index (χ0) is 15.5. The van der Waals surface area contributed by atoms with Crippen molar-refractivity contribution in [1.82, 2.24) is 15.5 Å². The average Bonchev–Trinajstić information content (AvgIpc) is 2.51. The van der Waals surface area contributed by atoms with E-state index in [0.717, 1.165) is 51.9 Å². The predicted octanol–water partition coefficient (Wildman–Crippen LogP) is 2.10. The normalized spacial score (nSPS) is 15.0. The van der Waals surface area contributed by atoms with Crippen molar-refractivity contribution in [2.24, 2.45) is 0 Å². The summed E-state index contributed by atoms with van der Waals surface area (Å²) in [6.07, 6.45) is 5.63. The molecule has 6 heteroatoms. The first-order valence-corrected chi connectivity index (χ1v) is 8.45. The number of nitrogens with one attached hydrogen (secondary N) is 2. The lowest BCUT2D eigenvalue weighted by Gasteiger charge is -2.34. The second-order valence-corrected chi connectivity index (χ2v) is 5.77. The summed E-state index contributed by atoms with van der Waals surface area (Å²) < 4.78 is 0. The van der Waals surface area contributed by atoms with Crippen LogP contribution in [-0.2, 0) is 9.59 Å². The fourth-order valence-electron chi connectivity index (χ4n) is 2.77. The highest BCUT2D eigenvalue weighted by molar-refractivity contribution is 5.85. The molecule has 2 amide bonds. The maximum atomic E-state index is 12.4. The lowest BCUT2D eigenvalue weighted by Crippen LogP contribution is -2.46. The van der Waals surface area contributed by atoms with Gasteiger partial charge in [-0.1, -0.05) is 13.8 Å². The molecule has 0 unspecified atom stereocenters. The maximum absolute atomic E-state index is 12.4. The minimum atomic E-state index is 0. The minimum Gasteiger partial charge on any atom is -0.356 e. The molecule has 1 heterocycles. The Morgan fingerprint density at radius 2 is 1.82 bits per heavy atom. The number of carbonyl (C=O) groups excluding carboxylic acids is 2. The summed E-state index contributed by atoms with van der Waals surface area (Å²) >= 11 is 0. The smallest absolute Gasteiger partial charge is 0.222 e. The van der Waals surface area contributed by atoms with Gasteiger partial charge in [-0.05, 0) is 45.2 Å². The molecule has 130 valence electrons. The summed E-state index contributed by atoms with van der Waals surface area (Å²) in [6, 6.07) is 0.382. The quantitative estimate of drug-likeness (QED) is 0.679. The van der Waals surface area contributed by atoms with Crippen LogP contribution in [0.25, 0.3) is 0 Å². The van der Waals surface area contributed by atoms with E-state index in [9.17, 15) is 9.59 Å². The van der Waals surface area contributed by atoms with E-state index in [1.165, 1.54) is 0 Å². The van der Waals surface area contributed by atoms with E-state index >= 15 is 0 Å². The van der Waals surface area contributed by atoms with Gasteiger partial charge in [0.15, 0.2) is 0 Å². The molecule has 0 aromatic rings. The molecule has 0 bridgehead atoms. The molecule has 0 radical (unpaired) electrons. The van der Waals surface area contributed by atoms with Crippen molar-refractivity contribution in [1.29, 1.82) is 0 Å². The molecule has 1 aliphatic heterocycles. The Balaban J connectivity index is 0.00000441. The van der Waals surface area contributed by atoms with Crippen LogP contribution in [0, 0.1) is 0 Å². The summed E-state index contributed by atoms with van der Waals surface area (Å²) in [5, 5.41) is 6.19. The molecule has 1 rings (SSSR count). The third-order valence-corrected chi connectivity index (χ3v) is 3.90. The number of hydrogen-bond donors (Lipinski definition) is 2. The highest BCUT2D eigenvalue weighted by Crippen LogP contribution is 2.15. The molecular weight excluding hydrogens is 302 g/mol. The average molecular weight is 334 g/mol. The Kier molecular flexibility index (Phi) is 12.2. The minimum absolute atomic E-state index is 0. The number of rotatable bonds is 9. The van der Waals surface area contributed by atoms with Gasteiger partial charge in [-0.25, -0.2) is 0 Å². The van der Waals surface area contributed by atoms with Gasteiger partial charge in [-0.15, -0.1) is 12.4 Å². The van der Waals surface area contributed by atoms with E-state index in [2.05, 4.69) is 17.6 Å². The van der Waals surface area contributed by atoms with Crippen LogP contribution in [0.1, 0.15) is 58.8 Å². The van der Waals surface area contributed by atoms with Crippen LogP contribution in [0.15, 0.2) is 0 Å². The molecular formula is C16H32ClN3O2. The van der Waals surface area contributed by atoms with Gasteiger partial charge in [-0.2, -0.15) is 0 Å². The van der Waals surface area contributed by atoms with Crippen LogP contribution in [0.2, 0.25) is 0 Å². The Hall–Kier alpha value is -0.810. The Labute approximate surface area is 141 Å². The standard InChI is InChI=1S/C16H31N3O2.ClH/c1-3-10-18-15(20)6-5-7-16(21)19(13-4-2)14-8-11-17-12-9-14;/h14,17H,3-13H2,1-2H3,(H,18,20);1H. The van der Waals surface area contributed by atoms with Crippen LogP contribution < -0.4 is 10.6 Å². The van der Waals surface area contributed by atoms with Crippen molar-refractivity contribution in [3.8, 4) is 0 Å². The molecule has 0 atom stereocenters. The van der Waals surface area contributed by atoms with Crippen LogP contribution in [-0.4, -0.2) is 48.9 Å². The fraction of sp³-hybridized carbons (Fsp3) is 0.875. The Morgan fingerprint density at radius 1 is 1.14 bits per heavy atom. The van der Waals surface area contributed by atoms with E-state index in [1.807, 2.05) is 11.8 Å². The van der Waals surface area contributed by atoms with Crippen molar-refractivity contribution in [2.45, 2.75) is 64.8 Å². The summed E-state index contributed by atoms with van der Waals surface area (Å²) in [7, 11) is 0. The summed E-state index contributed by atoms with van der Waals surface area (Å²) in [6.45, 7) is 7.70. The largest absolute Gasteiger partial charge is 0.356 e. The van der Waals surface area contributed by atoms with Crippen molar-refractivity contribution in [2.75, 3.05) is 26.2 Å². The summed E-state index contributed by atoms with van der Waals surface area (Å²) in [4.78, 5) is 26.0. The SMILES string of the molecule is CCCNC(=O)CCCC(=O)N(CCC)C1CCNCC1.Cl. The Bertz CT molecular complexity index is 321. The van der Waals surface area contributed by atoms with E-state index in [-0.39, 0.29) is 24.2 Å². The van der Waals surface area contributed by atoms with Crippen LogP contribution >= 0.6 is 12.4 Å². The number of halogens is 1. The molecule has 22 heavy (non-hydrogen) atoms. The number of carbonyl (C=O) groups is 2. The molecule has 0 aromatic carbocycles. The topological polar surface area (TPSA) is 61.4 Å². The summed E-state index contributed by atoms with van der Waals surface area (Å²) in [5.74, 6) is 0.278. The number of hydrogen-bond acceptors (Lipinski definition) is 3. The first-order valence-electron chi connectivity index (χ1n) is 8.45. The van der Waals surface area contributed by atoms with E-state index in [4.69, 9.17) is 0 Å². The van der Waals surface area contributed by atoms with Crippen molar-refractivity contribution in [3.05, 3.63) is 0 Å². The molecule has 0 saturated carbocycles. The highest BCUT2D eigenvalue weighted by atomic mass is 35.5. The predicted molar refractivity (Wildman–Crippen MR) is 92.3 cm³/mol. The van der Waals surface area contributed by atoms with Gasteiger partial charge < -0.3 is 15.5 Å². The second kappa shape index (κ2) is 12.7. The van der Waals surface area contributed by atoms with E-state index in [1.54, 1.807) is 0 Å². The van der Waals surface area contributed by atoms with Gasteiger partial charge >= 0.3 is 0 Å². The van der Waals surface area contributed by atoms with Gasteiger partial charge in [0.05, 0.1) is 0 Å². The Morgan fingerprint density at radius 3 is 2.41 bits per heavy atom. The molecule has 0 aliphatic carbocycles. The van der Waals surface area contributed by atoms with Crippen LogP contribution in [0.4, 0.5) is 0 Å². The van der Waals surface area contributed by atoms with Gasteiger partial charge in [-0.3, -0.25) is 9.59 Å². The van der Waals surface area contributed by atoms with Crippen LogP contribution in [0.3, 0.4) is 0 Å². The van der Waals surface area contributed by atoms with Gasteiger partial charge in [0.2, 0.25) is 11.8 Å². The third kappa shape index (κ3) is 7.99. The maximum Gasteiger partial charge on any atom is 0.222 e. The van der Waals surface area contributed by atoms with Crippen molar-refractivity contribution in [3.63, 3.8) is 0 Å². The molecule has 0 aromatic heterocycles. The van der Waals surface area contributed by atoms with Crippen LogP contribution in [0.5, 0.6) is 0 Å². The third-order valence-electron chi connectivity index (χ3n) is 3.90. The lowest BCUT2D eigenvalue weighted by atomic mass is 10.0. The zero-order valence-electron chi connectivity index (χ0n) is 14.0. The van der Waals surface area contributed by atoms with Gasteiger partial charge in [0, 0.05) is 32.0 Å². The zero-order valence-corrected chi connectivity index (χ0v) is 14.8. The molecule has 1 aliphatic rings. The van der Waals surface area contributed by atoms with Gasteiger partial charge in [0.1, 0.15) is 0 Å².